The van der Waals surface area contributed by atoms with E-state index in [1.807, 2.05) is 0 Å². The molecule has 0 amide bonds. The van der Waals surface area contributed by atoms with Gasteiger partial charge in [0.15, 0.2) is 11.6 Å². The van der Waals surface area contributed by atoms with Crippen LogP contribution in [-0.4, -0.2) is 73.4 Å². The first-order valence-corrected chi connectivity index (χ1v) is 10.5. The fourth-order valence-corrected chi connectivity index (χ4v) is 4.31. The highest BCUT2D eigenvalue weighted by Gasteiger charge is 2.38. The van der Waals surface area contributed by atoms with Crippen LogP contribution in [0.15, 0.2) is 18.3 Å². The molecule has 9 nitrogen and oxygen atoms in total. The van der Waals surface area contributed by atoms with Crippen LogP contribution in [0.5, 0.6) is 5.75 Å². The number of aromatic nitrogens is 3. The van der Waals surface area contributed by atoms with Crippen LogP contribution in [0.3, 0.4) is 0 Å². The number of alkyl halides is 3. The summed E-state index contributed by atoms with van der Waals surface area (Å²) >= 11 is 0. The van der Waals surface area contributed by atoms with Crippen molar-refractivity contribution in [2.75, 3.05) is 61.5 Å². The van der Waals surface area contributed by atoms with E-state index >= 15 is 0 Å². The molecule has 2 atom stereocenters. The second-order valence-corrected chi connectivity index (χ2v) is 8.03. The van der Waals surface area contributed by atoms with Gasteiger partial charge in [-0.2, -0.15) is 4.98 Å². The van der Waals surface area contributed by atoms with E-state index in [-0.39, 0.29) is 11.9 Å². The monoisotopic (exact) mass is 452 g/mol. The van der Waals surface area contributed by atoms with Gasteiger partial charge < -0.3 is 29.7 Å². The molecule has 2 aromatic heterocycles. The molecule has 0 bridgehead atoms. The topological polar surface area (TPSA) is 98.9 Å². The molecule has 0 radical (unpaired) electrons. The Morgan fingerprint density at radius 1 is 1.06 bits per heavy atom. The summed E-state index contributed by atoms with van der Waals surface area (Å²) in [6.45, 7) is 4.69. The minimum atomic E-state index is -4.88. The number of hydrogen-bond donors (Lipinski definition) is 1. The molecule has 2 N–H and O–H groups in total. The molecule has 3 fully saturated rings. The summed E-state index contributed by atoms with van der Waals surface area (Å²) in [5, 5.41) is 0. The Labute approximate surface area is 182 Å². The Kier molecular flexibility index (Phi) is 5.41. The Hall–Kier alpha value is -2.86. The van der Waals surface area contributed by atoms with E-state index in [1.54, 1.807) is 6.07 Å². The molecule has 172 valence electrons. The van der Waals surface area contributed by atoms with Crippen LogP contribution in [-0.2, 0) is 9.47 Å². The summed E-state index contributed by atoms with van der Waals surface area (Å²) in [5.41, 5.74) is 6.38. The van der Waals surface area contributed by atoms with Gasteiger partial charge >= 0.3 is 6.36 Å². The number of fused-ring (bicyclic) bond motifs is 1. The highest BCUT2D eigenvalue weighted by Crippen LogP contribution is 2.35. The van der Waals surface area contributed by atoms with Crippen molar-refractivity contribution in [2.45, 2.75) is 18.9 Å². The van der Waals surface area contributed by atoms with Gasteiger partial charge in [0.1, 0.15) is 5.82 Å². The number of morpholine rings is 1. The predicted octanol–water partition coefficient (Wildman–Crippen LogP) is 2.08. The van der Waals surface area contributed by atoms with Crippen molar-refractivity contribution >= 4 is 17.6 Å². The number of pyridine rings is 1. The van der Waals surface area contributed by atoms with Gasteiger partial charge in [0.05, 0.1) is 25.0 Å². The van der Waals surface area contributed by atoms with Gasteiger partial charge in [-0.25, -0.2) is 9.97 Å². The second-order valence-electron chi connectivity index (χ2n) is 8.03. The number of hydrogen-bond acceptors (Lipinski definition) is 9. The molecule has 0 aliphatic carbocycles. The Morgan fingerprint density at radius 3 is 2.62 bits per heavy atom. The highest BCUT2D eigenvalue weighted by molar-refractivity contribution is 5.68. The molecular formula is C20H23F3N6O3. The van der Waals surface area contributed by atoms with Crippen molar-refractivity contribution in [3.63, 3.8) is 0 Å². The zero-order valence-electron chi connectivity index (χ0n) is 17.2. The van der Waals surface area contributed by atoms with E-state index in [0.717, 1.165) is 19.6 Å². The van der Waals surface area contributed by atoms with E-state index in [0.29, 0.717) is 61.8 Å². The van der Waals surface area contributed by atoms with E-state index in [4.69, 9.17) is 20.2 Å². The van der Waals surface area contributed by atoms with Gasteiger partial charge in [-0.3, -0.25) is 0 Å². The lowest BCUT2D eigenvalue weighted by atomic mass is 10.1. The summed E-state index contributed by atoms with van der Waals surface area (Å²) in [4.78, 5) is 17.4. The van der Waals surface area contributed by atoms with Crippen molar-refractivity contribution in [1.29, 1.82) is 0 Å². The minimum Gasteiger partial charge on any atom is -0.402 e. The number of ether oxygens (including phenoxy) is 3. The fourth-order valence-electron chi connectivity index (χ4n) is 4.31. The van der Waals surface area contributed by atoms with Crippen LogP contribution in [0, 0.1) is 5.92 Å². The predicted molar refractivity (Wildman–Crippen MR) is 109 cm³/mol. The lowest BCUT2D eigenvalue weighted by molar-refractivity contribution is -0.274. The Bertz CT molecular complexity index is 974. The van der Waals surface area contributed by atoms with Gasteiger partial charge in [-0.1, -0.05) is 0 Å². The quantitative estimate of drug-likeness (QED) is 0.748. The molecule has 0 spiro atoms. The number of rotatable bonds is 4. The normalized spacial score (nSPS) is 23.5. The molecule has 3 aliphatic rings. The van der Waals surface area contributed by atoms with E-state index in [1.165, 1.54) is 12.3 Å². The van der Waals surface area contributed by atoms with Crippen molar-refractivity contribution in [1.82, 2.24) is 15.0 Å². The van der Waals surface area contributed by atoms with Crippen LogP contribution < -0.4 is 20.3 Å². The molecule has 12 heteroatoms. The summed E-state index contributed by atoms with van der Waals surface area (Å²) in [6, 6.07) is 2.94. The molecule has 3 saturated heterocycles. The third kappa shape index (κ3) is 4.37. The maximum Gasteiger partial charge on any atom is 0.573 e. The first kappa shape index (κ1) is 21.0. The van der Waals surface area contributed by atoms with E-state index in [9.17, 15) is 13.2 Å². The molecule has 32 heavy (non-hydrogen) atoms. The zero-order valence-corrected chi connectivity index (χ0v) is 17.2. The van der Waals surface area contributed by atoms with Gasteiger partial charge in [-0.05, 0) is 12.5 Å². The second kappa shape index (κ2) is 8.24. The smallest absolute Gasteiger partial charge is 0.402 e. The largest absolute Gasteiger partial charge is 0.573 e. The van der Waals surface area contributed by atoms with Gasteiger partial charge in [0, 0.05) is 56.5 Å². The molecular weight excluding hydrogens is 429 g/mol. The maximum atomic E-state index is 12.8. The van der Waals surface area contributed by atoms with Gasteiger partial charge in [-0.15, -0.1) is 13.2 Å². The van der Waals surface area contributed by atoms with Crippen molar-refractivity contribution < 1.29 is 27.4 Å². The molecule has 5 rings (SSSR count). The third-order valence-electron chi connectivity index (χ3n) is 5.92. The molecule has 5 heterocycles. The first-order chi connectivity index (χ1) is 15.4. The minimum absolute atomic E-state index is 0.152. The molecule has 2 aromatic rings. The average molecular weight is 452 g/mol. The Balaban J connectivity index is 1.52. The van der Waals surface area contributed by atoms with E-state index in [2.05, 4.69) is 24.5 Å². The standard InChI is InChI=1S/C20H23F3N6O3/c21-20(22,23)32-15-7-13(9-25-18(15)24)14-8-17(28-2-5-30-6-3-28)27-19(26-14)29-10-12-1-4-31-16(12)11-29/h7-9,12,16H,1-6,10-11H2,(H2,24,25). The van der Waals surface area contributed by atoms with Crippen molar-refractivity contribution in [3.8, 4) is 17.0 Å². The summed E-state index contributed by atoms with van der Waals surface area (Å²) in [5.74, 6) is 0.711. The van der Waals surface area contributed by atoms with Crippen molar-refractivity contribution in [3.05, 3.63) is 18.3 Å². The van der Waals surface area contributed by atoms with Crippen LogP contribution >= 0.6 is 0 Å². The number of anilines is 3. The number of halogens is 3. The zero-order chi connectivity index (χ0) is 22.3. The fraction of sp³-hybridized carbons (Fsp3) is 0.550. The lowest BCUT2D eigenvalue weighted by Crippen LogP contribution is -2.37. The molecule has 0 aromatic carbocycles. The van der Waals surface area contributed by atoms with Crippen LogP contribution in [0.25, 0.3) is 11.3 Å². The van der Waals surface area contributed by atoms with Gasteiger partial charge in [0.25, 0.3) is 0 Å². The van der Waals surface area contributed by atoms with Crippen LogP contribution in [0.1, 0.15) is 6.42 Å². The Morgan fingerprint density at radius 2 is 1.88 bits per heavy atom. The summed E-state index contributed by atoms with van der Waals surface area (Å²) in [7, 11) is 0. The molecule has 0 saturated carbocycles. The molecule has 3 aliphatic heterocycles. The number of nitrogens with zero attached hydrogens (tertiary/aromatic N) is 5. The maximum absolute atomic E-state index is 12.8. The average Bonchev–Trinajstić information content (AvgIpc) is 3.37. The third-order valence-corrected chi connectivity index (χ3v) is 5.92. The number of nitrogens with two attached hydrogens (primary N) is 1. The van der Waals surface area contributed by atoms with Crippen LogP contribution in [0.4, 0.5) is 30.8 Å². The van der Waals surface area contributed by atoms with Crippen LogP contribution in [0.2, 0.25) is 0 Å². The highest BCUT2D eigenvalue weighted by atomic mass is 19.4. The van der Waals surface area contributed by atoms with E-state index < -0.39 is 12.1 Å². The van der Waals surface area contributed by atoms with Crippen molar-refractivity contribution in [2.24, 2.45) is 5.92 Å². The first-order valence-electron chi connectivity index (χ1n) is 10.5. The number of nitrogen functional groups attached to an aromatic ring is 1. The summed E-state index contributed by atoms with van der Waals surface area (Å²) < 4.78 is 53.6. The molecule has 2 unspecified atom stereocenters. The SMILES string of the molecule is Nc1ncc(-c2cc(N3CCOCC3)nc(N3CC4CCOC4C3)n2)cc1OC(F)(F)F. The lowest BCUT2D eigenvalue weighted by Gasteiger charge is -2.29. The van der Waals surface area contributed by atoms with Gasteiger partial charge in [0.2, 0.25) is 5.95 Å². The summed E-state index contributed by atoms with van der Waals surface area (Å²) in [6.07, 6.45) is -2.34.